The lowest BCUT2D eigenvalue weighted by Crippen LogP contribution is -2.67. The number of likely N-dealkylation sites (tertiary alicyclic amines) is 1. The zero-order valence-corrected chi connectivity index (χ0v) is 25.0. The van der Waals surface area contributed by atoms with Crippen LogP contribution in [0.5, 0.6) is 0 Å². The third kappa shape index (κ3) is 5.89. The number of allylic oxidation sites excluding steroid dienone is 1. The van der Waals surface area contributed by atoms with Crippen molar-refractivity contribution < 1.29 is 23.5 Å². The summed E-state index contributed by atoms with van der Waals surface area (Å²) in [6.45, 7) is 16.2. The van der Waals surface area contributed by atoms with E-state index in [1.807, 2.05) is 57.2 Å². The number of ether oxygens (including phenoxy) is 2. The second-order valence-electron chi connectivity index (χ2n) is 12.0. The lowest BCUT2D eigenvalue weighted by atomic mass is 9.90. The number of nitrogens with zero attached hydrogens (tertiary/aromatic N) is 1. The Hall–Kier alpha value is -2.90. The van der Waals surface area contributed by atoms with Crippen LogP contribution >= 0.6 is 0 Å². The Morgan fingerprint density at radius 1 is 1.00 bits per heavy atom. The Morgan fingerprint density at radius 3 is 1.95 bits per heavy atom. The summed E-state index contributed by atoms with van der Waals surface area (Å²) < 4.78 is 18.4. The van der Waals surface area contributed by atoms with Crippen molar-refractivity contribution in [3.05, 3.63) is 73.3 Å². The van der Waals surface area contributed by atoms with Crippen molar-refractivity contribution in [2.24, 2.45) is 0 Å². The van der Waals surface area contributed by atoms with Gasteiger partial charge >= 0.3 is 12.1 Å². The van der Waals surface area contributed by atoms with Crippen molar-refractivity contribution >= 4 is 30.8 Å². The molecule has 1 aliphatic rings. The Kier molecular flexibility index (Phi) is 8.94. The van der Waals surface area contributed by atoms with Crippen molar-refractivity contribution in [2.45, 2.75) is 83.1 Å². The summed E-state index contributed by atoms with van der Waals surface area (Å²) >= 11 is 0. The molecule has 0 saturated carbocycles. The molecule has 6 nitrogen and oxygen atoms in total. The minimum absolute atomic E-state index is 0.228. The SMILES string of the molecule is C=CCC[C@]1(C(=O)OC)C[C@@H](O[Si](c2ccccc2)(c2ccccc2)C(C)(C)C)CN1C(=O)OC(C)(C)C. The maximum absolute atomic E-state index is 13.5. The van der Waals surface area contributed by atoms with Gasteiger partial charge in [-0.15, -0.1) is 6.58 Å². The fourth-order valence-corrected chi connectivity index (χ4v) is 10.3. The molecular formula is C31H43NO5Si. The second kappa shape index (κ2) is 11.5. The molecule has 1 fully saturated rings. The van der Waals surface area contributed by atoms with Gasteiger partial charge in [-0.25, -0.2) is 9.59 Å². The molecule has 1 amide bonds. The van der Waals surface area contributed by atoms with Gasteiger partial charge in [0, 0.05) is 6.42 Å². The third-order valence-corrected chi connectivity index (χ3v) is 12.3. The van der Waals surface area contributed by atoms with Crippen molar-refractivity contribution in [1.29, 1.82) is 0 Å². The van der Waals surface area contributed by atoms with Crippen LogP contribution in [0.4, 0.5) is 4.79 Å². The minimum atomic E-state index is -2.92. The molecule has 0 radical (unpaired) electrons. The van der Waals surface area contributed by atoms with E-state index in [1.165, 1.54) is 12.0 Å². The highest BCUT2D eigenvalue weighted by atomic mass is 28.4. The number of rotatable bonds is 8. The first-order chi connectivity index (χ1) is 17.8. The summed E-state index contributed by atoms with van der Waals surface area (Å²) in [6.07, 6.45) is 2.05. The van der Waals surface area contributed by atoms with Crippen LogP contribution < -0.4 is 10.4 Å². The first kappa shape index (κ1) is 29.6. The summed E-state index contributed by atoms with van der Waals surface area (Å²) in [4.78, 5) is 28.5. The molecule has 3 rings (SSSR count). The number of amides is 1. The van der Waals surface area contributed by atoms with Crippen molar-refractivity contribution in [3.63, 3.8) is 0 Å². The van der Waals surface area contributed by atoms with E-state index in [2.05, 4.69) is 51.6 Å². The summed E-state index contributed by atoms with van der Waals surface area (Å²) in [5, 5.41) is 2.04. The summed E-state index contributed by atoms with van der Waals surface area (Å²) in [7, 11) is -1.55. The molecule has 0 unspecified atom stereocenters. The van der Waals surface area contributed by atoms with E-state index >= 15 is 0 Å². The number of carbonyl (C=O) groups excluding carboxylic acids is 2. The smallest absolute Gasteiger partial charge is 0.411 e. The number of esters is 1. The van der Waals surface area contributed by atoms with Gasteiger partial charge in [0.2, 0.25) is 0 Å². The van der Waals surface area contributed by atoms with E-state index in [4.69, 9.17) is 13.9 Å². The molecule has 206 valence electrons. The van der Waals surface area contributed by atoms with Gasteiger partial charge in [-0.1, -0.05) is 87.5 Å². The molecule has 0 spiro atoms. The van der Waals surface area contributed by atoms with E-state index < -0.39 is 37.6 Å². The molecule has 2 aromatic rings. The topological polar surface area (TPSA) is 65.1 Å². The Morgan fingerprint density at radius 2 is 1.53 bits per heavy atom. The molecule has 38 heavy (non-hydrogen) atoms. The Bertz CT molecular complexity index is 1070. The third-order valence-electron chi connectivity index (χ3n) is 7.17. The van der Waals surface area contributed by atoms with Crippen LogP contribution in [0.3, 0.4) is 0 Å². The zero-order valence-electron chi connectivity index (χ0n) is 24.0. The van der Waals surface area contributed by atoms with Crippen LogP contribution in [-0.4, -0.2) is 56.2 Å². The van der Waals surface area contributed by atoms with Crippen molar-refractivity contribution in [2.75, 3.05) is 13.7 Å². The Balaban J connectivity index is 2.16. The molecule has 0 aliphatic carbocycles. The predicted molar refractivity (Wildman–Crippen MR) is 154 cm³/mol. The van der Waals surface area contributed by atoms with Crippen molar-refractivity contribution in [1.82, 2.24) is 4.90 Å². The molecule has 7 heteroatoms. The van der Waals surface area contributed by atoms with E-state index in [0.717, 1.165) is 10.4 Å². The van der Waals surface area contributed by atoms with Gasteiger partial charge in [0.05, 0.1) is 19.8 Å². The van der Waals surface area contributed by atoms with Gasteiger partial charge < -0.3 is 13.9 Å². The van der Waals surface area contributed by atoms with E-state index in [-0.39, 0.29) is 11.6 Å². The first-order valence-corrected chi connectivity index (χ1v) is 15.2. The predicted octanol–water partition coefficient (Wildman–Crippen LogP) is 5.45. The largest absolute Gasteiger partial charge is 0.467 e. The summed E-state index contributed by atoms with van der Waals surface area (Å²) in [6, 6.07) is 20.7. The highest BCUT2D eigenvalue weighted by Gasteiger charge is 2.59. The van der Waals surface area contributed by atoms with Gasteiger partial charge in [-0.05, 0) is 49.0 Å². The maximum atomic E-state index is 13.5. The minimum Gasteiger partial charge on any atom is -0.467 e. The molecule has 1 heterocycles. The average Bonchev–Trinajstić information content (AvgIpc) is 3.24. The van der Waals surface area contributed by atoms with Crippen LogP contribution in [0.1, 0.15) is 60.8 Å². The lowest BCUT2D eigenvalue weighted by molar-refractivity contribution is -0.153. The fourth-order valence-electron chi connectivity index (χ4n) is 5.58. The van der Waals surface area contributed by atoms with Crippen LogP contribution in [0, 0.1) is 0 Å². The van der Waals surface area contributed by atoms with E-state index in [9.17, 15) is 9.59 Å². The van der Waals surface area contributed by atoms with Gasteiger partial charge in [-0.2, -0.15) is 0 Å². The van der Waals surface area contributed by atoms with Crippen LogP contribution in [0.2, 0.25) is 5.04 Å². The molecule has 1 aliphatic heterocycles. The normalized spacial score (nSPS) is 20.2. The monoisotopic (exact) mass is 537 g/mol. The zero-order chi connectivity index (χ0) is 28.2. The molecule has 2 atom stereocenters. The summed E-state index contributed by atoms with van der Waals surface area (Å²) in [5.74, 6) is -0.459. The number of benzene rings is 2. The van der Waals surface area contributed by atoms with Crippen LogP contribution in [0.15, 0.2) is 73.3 Å². The van der Waals surface area contributed by atoms with Gasteiger partial charge in [0.15, 0.2) is 0 Å². The number of carbonyl (C=O) groups is 2. The number of hydrogen-bond donors (Lipinski definition) is 0. The summed E-state index contributed by atoms with van der Waals surface area (Å²) in [5.41, 5.74) is -1.92. The van der Waals surface area contributed by atoms with E-state index in [0.29, 0.717) is 19.3 Å². The molecule has 1 saturated heterocycles. The quantitative estimate of drug-likeness (QED) is 0.255. The van der Waals surface area contributed by atoms with Gasteiger partial charge in [0.25, 0.3) is 8.32 Å². The molecule has 0 aromatic heterocycles. The highest BCUT2D eigenvalue weighted by Crippen LogP contribution is 2.43. The van der Waals surface area contributed by atoms with Crippen LogP contribution in [0.25, 0.3) is 0 Å². The van der Waals surface area contributed by atoms with Gasteiger partial charge in [0.1, 0.15) is 11.1 Å². The van der Waals surface area contributed by atoms with Gasteiger partial charge in [-0.3, -0.25) is 4.90 Å². The number of hydrogen-bond acceptors (Lipinski definition) is 5. The Labute approximate surface area is 229 Å². The first-order valence-electron chi connectivity index (χ1n) is 13.3. The molecular weight excluding hydrogens is 494 g/mol. The average molecular weight is 538 g/mol. The highest BCUT2D eigenvalue weighted by molar-refractivity contribution is 6.99. The maximum Gasteiger partial charge on any atom is 0.411 e. The fraction of sp³-hybridized carbons (Fsp3) is 0.484. The van der Waals surface area contributed by atoms with E-state index in [1.54, 1.807) is 6.08 Å². The second-order valence-corrected chi connectivity index (χ2v) is 16.3. The van der Waals surface area contributed by atoms with Crippen molar-refractivity contribution in [3.8, 4) is 0 Å². The molecule has 0 bridgehead atoms. The molecule has 0 N–H and O–H groups in total. The number of methoxy groups -OCH3 is 1. The standard InChI is InChI=1S/C31H43NO5Si/c1-9-10-21-31(27(33)35-8)22-24(23-32(31)28(34)36-29(2,3)4)37-38(30(5,6)7,25-17-13-11-14-18-25)26-19-15-12-16-20-26/h9,11-20,24H,1,10,21-23H2,2-8H3/t24-,31-/m1/s1. The molecule has 2 aromatic carbocycles. The lowest BCUT2D eigenvalue weighted by Gasteiger charge is -2.44. The van der Waals surface area contributed by atoms with Crippen LogP contribution in [-0.2, 0) is 18.7 Å².